The van der Waals surface area contributed by atoms with Gasteiger partial charge >= 0.3 is 0 Å². The number of pyridine rings is 1. The first kappa shape index (κ1) is 16.1. The number of hydrogen-bond acceptors (Lipinski definition) is 4. The largest absolute Gasteiger partial charge is 0.356 e. The zero-order chi connectivity index (χ0) is 15.9. The normalized spacial score (nSPS) is 16.3. The maximum Gasteiger partial charge on any atom is 0.225 e. The van der Waals surface area contributed by atoms with Crippen LogP contribution in [0, 0.1) is 5.92 Å². The molecule has 0 saturated carbocycles. The topological polar surface area (TPSA) is 45.2 Å². The number of hydrogen-bond donors (Lipinski definition) is 1. The van der Waals surface area contributed by atoms with E-state index in [4.69, 9.17) is 0 Å². The van der Waals surface area contributed by atoms with Crippen LogP contribution >= 0.6 is 11.3 Å². The van der Waals surface area contributed by atoms with Crippen LogP contribution < -0.4 is 5.32 Å². The first-order valence-corrected chi connectivity index (χ1v) is 9.08. The van der Waals surface area contributed by atoms with Crippen LogP contribution in [0.15, 0.2) is 42.0 Å². The minimum atomic E-state index is 0.145. The Balaban J connectivity index is 1.35. The lowest BCUT2D eigenvalue weighted by Gasteiger charge is -2.32. The highest BCUT2D eigenvalue weighted by molar-refractivity contribution is 7.10. The predicted molar refractivity (Wildman–Crippen MR) is 93.3 cm³/mol. The molecule has 0 spiro atoms. The maximum atomic E-state index is 11.9. The third kappa shape index (κ3) is 5.15. The average molecular weight is 329 g/mol. The molecule has 0 radical (unpaired) electrons. The molecule has 23 heavy (non-hydrogen) atoms. The van der Waals surface area contributed by atoms with Crippen molar-refractivity contribution in [2.75, 3.05) is 19.6 Å². The molecule has 1 aliphatic heterocycles. The van der Waals surface area contributed by atoms with Crippen LogP contribution in [0.25, 0.3) is 0 Å². The van der Waals surface area contributed by atoms with Gasteiger partial charge in [0.05, 0.1) is 6.42 Å². The van der Waals surface area contributed by atoms with Crippen LogP contribution in [0.5, 0.6) is 0 Å². The Hall–Kier alpha value is -1.72. The minimum absolute atomic E-state index is 0.145. The van der Waals surface area contributed by atoms with Crippen LogP contribution in [0.2, 0.25) is 0 Å². The van der Waals surface area contributed by atoms with Crippen molar-refractivity contribution in [1.29, 1.82) is 0 Å². The van der Waals surface area contributed by atoms with Crippen molar-refractivity contribution in [3.63, 3.8) is 0 Å². The van der Waals surface area contributed by atoms with Crippen LogP contribution in [0.3, 0.4) is 0 Å². The summed E-state index contributed by atoms with van der Waals surface area (Å²) in [7, 11) is 0. The van der Waals surface area contributed by atoms with Gasteiger partial charge in [-0.2, -0.15) is 0 Å². The number of likely N-dealkylation sites (tertiary alicyclic amines) is 1. The first-order chi connectivity index (χ1) is 11.3. The van der Waals surface area contributed by atoms with Gasteiger partial charge in [-0.05, 0) is 61.0 Å². The lowest BCUT2D eigenvalue weighted by molar-refractivity contribution is -0.120. The number of nitrogens with zero attached hydrogens (tertiary/aromatic N) is 2. The second kappa shape index (κ2) is 8.22. The molecule has 1 fully saturated rings. The number of aromatic nitrogens is 1. The fourth-order valence-electron chi connectivity index (χ4n) is 2.99. The van der Waals surface area contributed by atoms with Gasteiger partial charge in [-0.3, -0.25) is 14.7 Å². The molecule has 1 amide bonds. The van der Waals surface area contributed by atoms with Gasteiger partial charge in [0, 0.05) is 30.4 Å². The Morgan fingerprint density at radius 3 is 2.74 bits per heavy atom. The highest BCUT2D eigenvalue weighted by Gasteiger charge is 2.19. The number of thiophene rings is 1. The van der Waals surface area contributed by atoms with E-state index in [1.165, 1.54) is 5.56 Å². The van der Waals surface area contributed by atoms with E-state index in [0.29, 0.717) is 12.3 Å². The standard InChI is InChI=1S/C18H23N3OS/c22-18(12-17-2-1-11-23-17)20-13-15-5-9-21(10-6-15)14-16-3-7-19-8-4-16/h1-4,7-8,11,15H,5-6,9-10,12-14H2,(H,20,22). The molecule has 2 aromatic rings. The van der Waals surface area contributed by atoms with Crippen molar-refractivity contribution in [3.05, 3.63) is 52.5 Å². The molecule has 3 rings (SSSR count). The summed E-state index contributed by atoms with van der Waals surface area (Å²) in [4.78, 5) is 19.6. The molecule has 1 saturated heterocycles. The summed E-state index contributed by atoms with van der Waals surface area (Å²) >= 11 is 1.64. The lowest BCUT2D eigenvalue weighted by Crippen LogP contribution is -2.38. The molecule has 1 N–H and O–H groups in total. The zero-order valence-corrected chi connectivity index (χ0v) is 14.1. The summed E-state index contributed by atoms with van der Waals surface area (Å²) in [6.07, 6.45) is 6.53. The Kier molecular flexibility index (Phi) is 5.77. The van der Waals surface area contributed by atoms with Crippen LogP contribution in [0.4, 0.5) is 0 Å². The fraction of sp³-hybridized carbons (Fsp3) is 0.444. The van der Waals surface area contributed by atoms with Crippen LogP contribution in [-0.2, 0) is 17.8 Å². The summed E-state index contributed by atoms with van der Waals surface area (Å²) < 4.78 is 0. The first-order valence-electron chi connectivity index (χ1n) is 8.20. The van der Waals surface area contributed by atoms with Gasteiger partial charge in [0.25, 0.3) is 0 Å². The van der Waals surface area contributed by atoms with E-state index in [1.54, 1.807) is 11.3 Å². The molecule has 5 heteroatoms. The van der Waals surface area contributed by atoms with Crippen molar-refractivity contribution in [3.8, 4) is 0 Å². The summed E-state index contributed by atoms with van der Waals surface area (Å²) in [6.45, 7) is 4.02. The minimum Gasteiger partial charge on any atom is -0.356 e. The van der Waals surface area contributed by atoms with Gasteiger partial charge in [0.2, 0.25) is 5.91 Å². The summed E-state index contributed by atoms with van der Waals surface area (Å²) in [5.74, 6) is 0.752. The molecule has 0 aromatic carbocycles. The third-order valence-corrected chi connectivity index (χ3v) is 5.24. The molecule has 4 nitrogen and oxygen atoms in total. The van der Waals surface area contributed by atoms with Gasteiger partial charge in [-0.25, -0.2) is 0 Å². The van der Waals surface area contributed by atoms with Crippen molar-refractivity contribution in [1.82, 2.24) is 15.2 Å². The molecule has 0 unspecified atom stereocenters. The van der Waals surface area contributed by atoms with Crippen LogP contribution in [0.1, 0.15) is 23.3 Å². The third-order valence-electron chi connectivity index (χ3n) is 4.37. The van der Waals surface area contributed by atoms with E-state index in [2.05, 4.69) is 27.3 Å². The monoisotopic (exact) mass is 329 g/mol. The predicted octanol–water partition coefficient (Wildman–Crippen LogP) is 2.71. The lowest BCUT2D eigenvalue weighted by atomic mass is 9.96. The summed E-state index contributed by atoms with van der Waals surface area (Å²) in [5.41, 5.74) is 1.32. The quantitative estimate of drug-likeness (QED) is 0.886. The number of nitrogens with one attached hydrogen (secondary N) is 1. The van der Waals surface area contributed by atoms with Crippen molar-refractivity contribution in [2.24, 2.45) is 5.92 Å². The molecular weight excluding hydrogens is 306 g/mol. The van der Waals surface area contributed by atoms with Crippen molar-refractivity contribution >= 4 is 17.2 Å². The molecule has 3 heterocycles. The van der Waals surface area contributed by atoms with Gasteiger partial charge in [0.15, 0.2) is 0 Å². The fourth-order valence-corrected chi connectivity index (χ4v) is 3.69. The molecular formula is C18H23N3OS. The smallest absolute Gasteiger partial charge is 0.225 e. The zero-order valence-electron chi connectivity index (χ0n) is 13.3. The van der Waals surface area contributed by atoms with Gasteiger partial charge in [-0.1, -0.05) is 6.07 Å². The van der Waals surface area contributed by atoms with E-state index in [9.17, 15) is 4.79 Å². The number of amides is 1. The number of piperidine rings is 1. The van der Waals surface area contributed by atoms with Crippen molar-refractivity contribution < 1.29 is 4.79 Å². The highest BCUT2D eigenvalue weighted by Crippen LogP contribution is 2.18. The Bertz CT molecular complexity index is 592. The van der Waals surface area contributed by atoms with Gasteiger partial charge in [-0.15, -0.1) is 11.3 Å². The van der Waals surface area contributed by atoms with E-state index in [1.807, 2.05) is 29.9 Å². The van der Waals surface area contributed by atoms with E-state index < -0.39 is 0 Å². The van der Waals surface area contributed by atoms with Crippen molar-refractivity contribution in [2.45, 2.75) is 25.8 Å². The molecule has 0 bridgehead atoms. The van der Waals surface area contributed by atoms with Gasteiger partial charge in [0.1, 0.15) is 0 Å². The van der Waals surface area contributed by atoms with E-state index >= 15 is 0 Å². The molecule has 1 aliphatic rings. The highest BCUT2D eigenvalue weighted by atomic mass is 32.1. The molecule has 0 aliphatic carbocycles. The van der Waals surface area contributed by atoms with Crippen LogP contribution in [-0.4, -0.2) is 35.4 Å². The Morgan fingerprint density at radius 2 is 2.04 bits per heavy atom. The summed E-state index contributed by atoms with van der Waals surface area (Å²) in [6, 6.07) is 8.17. The Morgan fingerprint density at radius 1 is 1.26 bits per heavy atom. The average Bonchev–Trinajstić information content (AvgIpc) is 3.08. The number of rotatable bonds is 6. The van der Waals surface area contributed by atoms with E-state index in [-0.39, 0.29) is 5.91 Å². The Labute approximate surface area is 141 Å². The maximum absolute atomic E-state index is 11.9. The van der Waals surface area contributed by atoms with E-state index in [0.717, 1.165) is 43.9 Å². The molecule has 2 aromatic heterocycles. The second-order valence-electron chi connectivity index (χ2n) is 6.14. The number of carbonyl (C=O) groups is 1. The molecule has 0 atom stereocenters. The number of carbonyl (C=O) groups excluding carboxylic acids is 1. The second-order valence-corrected chi connectivity index (χ2v) is 7.17. The summed E-state index contributed by atoms with van der Waals surface area (Å²) in [5, 5.41) is 5.11. The van der Waals surface area contributed by atoms with Gasteiger partial charge < -0.3 is 5.32 Å². The molecule has 122 valence electrons. The SMILES string of the molecule is O=C(Cc1cccs1)NCC1CCN(Cc2ccncc2)CC1.